The number of rotatable bonds is 9. The number of amides is 1. The van der Waals surface area contributed by atoms with Gasteiger partial charge in [0.2, 0.25) is 0 Å². The van der Waals surface area contributed by atoms with Gasteiger partial charge in [0.05, 0.1) is 30.6 Å². The number of nitrogens with one attached hydrogen (secondary N) is 2. The SMILES string of the molecule is COCCN1CCN(c2ccc3ncnc(Nc4cc(C(=O)Nc5cc(C(C)(C)C)cc(N)c5OC)ccc4C)c3n2)CC1. The van der Waals surface area contributed by atoms with Crippen LogP contribution in [0, 0.1) is 6.92 Å². The van der Waals surface area contributed by atoms with Crippen LogP contribution in [0.4, 0.5) is 28.7 Å². The summed E-state index contributed by atoms with van der Waals surface area (Å²) < 4.78 is 10.8. The number of aromatic nitrogens is 3. The number of nitrogen functional groups attached to an aromatic ring is 1. The van der Waals surface area contributed by atoms with Crippen LogP contribution in [0.1, 0.15) is 42.3 Å². The number of methoxy groups -OCH3 is 2. The van der Waals surface area contributed by atoms with Gasteiger partial charge in [-0.1, -0.05) is 26.8 Å². The molecule has 1 aliphatic rings. The molecule has 5 rings (SSSR count). The number of carbonyl (C=O) groups is 1. The van der Waals surface area contributed by atoms with Crippen LogP contribution >= 0.6 is 0 Å². The normalized spacial score (nSPS) is 14.1. The molecule has 4 aromatic rings. The minimum absolute atomic E-state index is 0.159. The van der Waals surface area contributed by atoms with Crippen LogP contribution in [0.25, 0.3) is 11.0 Å². The Labute approximate surface area is 258 Å². The van der Waals surface area contributed by atoms with Crippen LogP contribution in [-0.2, 0) is 10.2 Å². The number of anilines is 5. The van der Waals surface area contributed by atoms with E-state index in [4.69, 9.17) is 20.2 Å². The highest BCUT2D eigenvalue weighted by atomic mass is 16.5. The number of nitrogens with two attached hydrogens (primary N) is 1. The van der Waals surface area contributed by atoms with Crippen molar-refractivity contribution in [3.05, 3.63) is 65.5 Å². The number of fused-ring (bicyclic) bond motifs is 1. The van der Waals surface area contributed by atoms with E-state index in [9.17, 15) is 4.79 Å². The van der Waals surface area contributed by atoms with Gasteiger partial charge in [-0.05, 0) is 59.9 Å². The highest BCUT2D eigenvalue weighted by Gasteiger charge is 2.21. The fraction of sp³-hybridized carbons (Fsp3) is 0.394. The molecule has 2 aromatic carbocycles. The fourth-order valence-corrected chi connectivity index (χ4v) is 5.24. The van der Waals surface area contributed by atoms with Gasteiger partial charge in [-0.3, -0.25) is 9.69 Å². The zero-order valence-corrected chi connectivity index (χ0v) is 26.4. The number of ether oxygens (including phenoxy) is 2. The van der Waals surface area contributed by atoms with Crippen molar-refractivity contribution in [1.29, 1.82) is 0 Å². The second-order valence-electron chi connectivity index (χ2n) is 12.1. The molecule has 0 aliphatic carbocycles. The lowest BCUT2D eigenvalue weighted by Gasteiger charge is -2.35. The maximum Gasteiger partial charge on any atom is 0.255 e. The van der Waals surface area contributed by atoms with Crippen LogP contribution in [0.3, 0.4) is 0 Å². The third-order valence-electron chi connectivity index (χ3n) is 7.96. The van der Waals surface area contributed by atoms with E-state index in [1.54, 1.807) is 20.3 Å². The Hall–Kier alpha value is -4.48. The average Bonchev–Trinajstić information content (AvgIpc) is 3.00. The molecule has 44 heavy (non-hydrogen) atoms. The molecule has 0 unspecified atom stereocenters. The first-order valence-corrected chi connectivity index (χ1v) is 14.8. The van der Waals surface area contributed by atoms with Crippen molar-refractivity contribution >= 4 is 45.6 Å². The summed E-state index contributed by atoms with van der Waals surface area (Å²) in [6.07, 6.45) is 1.52. The molecule has 2 aromatic heterocycles. The number of pyridine rings is 1. The van der Waals surface area contributed by atoms with Gasteiger partial charge in [0.15, 0.2) is 11.6 Å². The second-order valence-corrected chi connectivity index (χ2v) is 12.1. The van der Waals surface area contributed by atoms with E-state index in [1.165, 1.54) is 6.33 Å². The molecule has 0 saturated carbocycles. The molecule has 1 aliphatic heterocycles. The van der Waals surface area contributed by atoms with E-state index >= 15 is 0 Å². The van der Waals surface area contributed by atoms with Gasteiger partial charge in [-0.25, -0.2) is 15.0 Å². The first kappa shape index (κ1) is 31.0. The lowest BCUT2D eigenvalue weighted by Crippen LogP contribution is -2.47. The number of piperazine rings is 1. The predicted octanol–water partition coefficient (Wildman–Crippen LogP) is 4.99. The highest BCUT2D eigenvalue weighted by molar-refractivity contribution is 6.06. The number of nitrogens with zero attached hydrogens (tertiary/aromatic N) is 5. The Balaban J connectivity index is 1.38. The Bertz CT molecular complexity index is 1640. The molecular weight excluding hydrogens is 556 g/mol. The van der Waals surface area contributed by atoms with Crippen LogP contribution in [0.5, 0.6) is 5.75 Å². The lowest BCUT2D eigenvalue weighted by atomic mass is 9.86. The first-order valence-electron chi connectivity index (χ1n) is 14.8. The maximum absolute atomic E-state index is 13.5. The third-order valence-corrected chi connectivity index (χ3v) is 7.96. The molecule has 232 valence electrons. The van der Waals surface area contributed by atoms with Gasteiger partial charge in [0.25, 0.3) is 5.91 Å². The van der Waals surface area contributed by atoms with Crippen molar-refractivity contribution < 1.29 is 14.3 Å². The van der Waals surface area contributed by atoms with Crippen LogP contribution in [0.15, 0.2) is 48.8 Å². The van der Waals surface area contributed by atoms with Crippen LogP contribution < -0.4 is 26.0 Å². The van der Waals surface area contributed by atoms with Gasteiger partial charge >= 0.3 is 0 Å². The summed E-state index contributed by atoms with van der Waals surface area (Å²) in [7, 11) is 3.27. The lowest BCUT2D eigenvalue weighted by molar-refractivity contribution is 0.102. The van der Waals surface area contributed by atoms with Gasteiger partial charge in [-0.2, -0.15) is 0 Å². The molecule has 1 fully saturated rings. The molecule has 0 atom stereocenters. The Morgan fingerprint density at radius 2 is 1.77 bits per heavy atom. The highest BCUT2D eigenvalue weighted by Crippen LogP contribution is 2.37. The zero-order chi connectivity index (χ0) is 31.4. The number of hydrogen-bond donors (Lipinski definition) is 3. The van der Waals surface area contributed by atoms with Gasteiger partial charge < -0.3 is 30.7 Å². The molecule has 1 saturated heterocycles. The molecule has 3 heterocycles. The standard InChI is InChI=1S/C33H42N8O3/c1-21-7-8-22(32(42)38-27-19-23(33(2,3)4)18-24(34)30(27)44-6)17-26(21)37-31-29-25(35-20-36-31)9-10-28(39-29)41-13-11-40(12-14-41)15-16-43-5/h7-10,17-20H,11-16,34H2,1-6H3,(H,38,42)(H,35,36,37). The smallest absolute Gasteiger partial charge is 0.255 e. The van der Waals surface area contributed by atoms with E-state index in [1.807, 2.05) is 43.3 Å². The minimum atomic E-state index is -0.283. The van der Waals surface area contributed by atoms with E-state index in [0.29, 0.717) is 34.0 Å². The van der Waals surface area contributed by atoms with Crippen molar-refractivity contribution in [3.63, 3.8) is 0 Å². The number of benzene rings is 2. The summed E-state index contributed by atoms with van der Waals surface area (Å²) in [4.78, 5) is 32.1. The molecule has 0 radical (unpaired) electrons. The van der Waals surface area contributed by atoms with Crippen molar-refractivity contribution in [2.24, 2.45) is 0 Å². The van der Waals surface area contributed by atoms with E-state index < -0.39 is 0 Å². The van der Waals surface area contributed by atoms with Crippen molar-refractivity contribution in [2.75, 3.05) is 74.8 Å². The van der Waals surface area contributed by atoms with Crippen LogP contribution in [0.2, 0.25) is 0 Å². The van der Waals surface area contributed by atoms with Gasteiger partial charge in [0.1, 0.15) is 17.7 Å². The van der Waals surface area contributed by atoms with Crippen LogP contribution in [-0.4, -0.2) is 79.3 Å². The molecular formula is C33H42N8O3. The van der Waals surface area contributed by atoms with Gasteiger partial charge in [-0.15, -0.1) is 0 Å². The molecule has 11 heteroatoms. The van der Waals surface area contributed by atoms with Crippen molar-refractivity contribution in [2.45, 2.75) is 33.1 Å². The molecule has 0 spiro atoms. The monoisotopic (exact) mass is 598 g/mol. The molecule has 4 N–H and O–H groups in total. The third kappa shape index (κ3) is 6.84. The zero-order valence-electron chi connectivity index (χ0n) is 26.4. The number of aryl methyl sites for hydroxylation is 1. The quantitative estimate of drug-likeness (QED) is 0.227. The summed E-state index contributed by atoms with van der Waals surface area (Å²) in [5.41, 5.74) is 11.7. The summed E-state index contributed by atoms with van der Waals surface area (Å²) >= 11 is 0. The summed E-state index contributed by atoms with van der Waals surface area (Å²) in [5, 5.41) is 6.42. The van der Waals surface area contributed by atoms with Crippen molar-refractivity contribution in [3.8, 4) is 5.75 Å². The van der Waals surface area contributed by atoms with E-state index in [0.717, 1.165) is 67.5 Å². The number of hydrogen-bond acceptors (Lipinski definition) is 10. The minimum Gasteiger partial charge on any atom is -0.492 e. The Morgan fingerprint density at radius 3 is 2.48 bits per heavy atom. The Morgan fingerprint density at radius 1 is 1.00 bits per heavy atom. The topological polar surface area (TPSA) is 131 Å². The predicted molar refractivity (Wildman–Crippen MR) is 176 cm³/mol. The number of carbonyl (C=O) groups excluding carboxylic acids is 1. The largest absolute Gasteiger partial charge is 0.492 e. The summed E-state index contributed by atoms with van der Waals surface area (Å²) in [6.45, 7) is 13.6. The molecule has 1 amide bonds. The van der Waals surface area contributed by atoms with E-state index in [-0.39, 0.29) is 11.3 Å². The fourth-order valence-electron chi connectivity index (χ4n) is 5.24. The molecule has 11 nitrogen and oxygen atoms in total. The van der Waals surface area contributed by atoms with Gasteiger partial charge in [0, 0.05) is 51.1 Å². The summed E-state index contributed by atoms with van der Waals surface area (Å²) in [5.74, 6) is 1.61. The summed E-state index contributed by atoms with van der Waals surface area (Å²) in [6, 6.07) is 13.3. The molecule has 0 bridgehead atoms. The maximum atomic E-state index is 13.5. The van der Waals surface area contributed by atoms with E-state index in [2.05, 4.69) is 51.2 Å². The first-order chi connectivity index (χ1) is 21.1. The Kier molecular flexibility index (Phi) is 9.17. The second kappa shape index (κ2) is 13.0. The van der Waals surface area contributed by atoms with Crippen molar-refractivity contribution in [1.82, 2.24) is 19.9 Å². The average molecular weight is 599 g/mol.